The number of para-hydroxylation sites is 1. The molecule has 3 N–H and O–H groups in total. The molecular weight excluding hydrogens is 408 g/mol. The lowest BCUT2D eigenvalue weighted by Gasteiger charge is -2.27. The average molecular weight is 430 g/mol. The minimum Gasteiger partial charge on any atom is -0.378 e. The molecule has 3 heterocycles. The van der Waals surface area contributed by atoms with Gasteiger partial charge in [-0.2, -0.15) is 20.1 Å². The molecule has 0 atom stereocenters. The van der Waals surface area contributed by atoms with Gasteiger partial charge in [0, 0.05) is 25.2 Å². The number of aromatic nitrogens is 3. The molecule has 1 saturated heterocycles. The number of nitrogens with zero attached hydrogens (tertiary/aromatic N) is 5. The second-order valence-electron chi connectivity index (χ2n) is 7.29. The summed E-state index contributed by atoms with van der Waals surface area (Å²) in [6.45, 7) is 3.16. The Bertz CT molecular complexity index is 1150. The summed E-state index contributed by atoms with van der Waals surface area (Å²) in [5.41, 5.74) is 5.70. The number of fused-ring (bicyclic) bond motifs is 1. The molecule has 2 aliphatic rings. The monoisotopic (exact) mass is 430 g/mol. The van der Waals surface area contributed by atoms with Crippen LogP contribution in [0.4, 0.5) is 23.5 Å². The Kier molecular flexibility index (Phi) is 5.58. The summed E-state index contributed by atoms with van der Waals surface area (Å²) in [7, 11) is 0. The fraction of sp³-hybridized carbons (Fsp3) is 0.227. The molecule has 0 unspecified atom stereocenters. The fourth-order valence-electron chi connectivity index (χ4n) is 3.49. The van der Waals surface area contributed by atoms with E-state index in [0.717, 1.165) is 16.8 Å². The highest BCUT2D eigenvalue weighted by Gasteiger charge is 2.25. The van der Waals surface area contributed by atoms with E-state index in [0.29, 0.717) is 44.7 Å². The quantitative estimate of drug-likeness (QED) is 0.509. The number of morpholine rings is 1. The van der Waals surface area contributed by atoms with Gasteiger partial charge in [0.15, 0.2) is 5.71 Å². The van der Waals surface area contributed by atoms with Crippen molar-refractivity contribution < 1.29 is 9.53 Å². The maximum Gasteiger partial charge on any atom is 0.276 e. The number of amides is 1. The molecule has 32 heavy (non-hydrogen) atoms. The molecule has 3 aromatic rings. The highest BCUT2D eigenvalue weighted by atomic mass is 16.5. The molecule has 10 nitrogen and oxygen atoms in total. The molecule has 5 rings (SSSR count). The molecule has 0 saturated carbocycles. The van der Waals surface area contributed by atoms with Crippen LogP contribution in [0.2, 0.25) is 0 Å². The van der Waals surface area contributed by atoms with Gasteiger partial charge in [-0.15, -0.1) is 0 Å². The summed E-state index contributed by atoms with van der Waals surface area (Å²) < 4.78 is 5.44. The van der Waals surface area contributed by atoms with Crippen LogP contribution >= 0.6 is 0 Å². The van der Waals surface area contributed by atoms with Crippen molar-refractivity contribution in [3.05, 3.63) is 65.7 Å². The third kappa shape index (κ3) is 4.35. The molecule has 0 radical (unpaired) electrons. The Balaban J connectivity index is 1.41. The first kappa shape index (κ1) is 19.9. The average Bonchev–Trinajstić information content (AvgIpc) is 3.17. The first-order chi connectivity index (χ1) is 15.8. The number of anilines is 4. The van der Waals surface area contributed by atoms with Crippen molar-refractivity contribution in [2.24, 2.45) is 5.10 Å². The molecule has 1 amide bonds. The maximum absolute atomic E-state index is 12.3. The van der Waals surface area contributed by atoms with Crippen molar-refractivity contribution in [1.29, 1.82) is 0 Å². The molecule has 162 valence electrons. The van der Waals surface area contributed by atoms with Crippen molar-refractivity contribution >= 4 is 35.2 Å². The lowest BCUT2D eigenvalue weighted by atomic mass is 10.1. The van der Waals surface area contributed by atoms with Gasteiger partial charge in [-0.05, 0) is 11.6 Å². The van der Waals surface area contributed by atoms with Crippen LogP contribution in [0.25, 0.3) is 0 Å². The number of hydrogen-bond acceptors (Lipinski definition) is 9. The first-order valence-corrected chi connectivity index (χ1v) is 10.4. The SMILES string of the molecule is O=C1Nc2ccccc2/C1=N\Nc1nc(NCc2ccccc2)nc(N2CCOCC2)n1. The first-order valence-electron chi connectivity index (χ1n) is 10.4. The highest BCUT2D eigenvalue weighted by Crippen LogP contribution is 2.23. The van der Waals surface area contributed by atoms with Crippen LogP contribution in [0.15, 0.2) is 59.7 Å². The summed E-state index contributed by atoms with van der Waals surface area (Å²) in [6.07, 6.45) is 0. The van der Waals surface area contributed by atoms with Gasteiger partial charge < -0.3 is 20.3 Å². The number of rotatable bonds is 6. The molecule has 2 aromatic carbocycles. The van der Waals surface area contributed by atoms with Gasteiger partial charge in [-0.3, -0.25) is 4.79 Å². The van der Waals surface area contributed by atoms with Crippen molar-refractivity contribution in [3.8, 4) is 0 Å². The van der Waals surface area contributed by atoms with Crippen LogP contribution in [0, 0.1) is 0 Å². The van der Waals surface area contributed by atoms with E-state index in [1.54, 1.807) is 0 Å². The van der Waals surface area contributed by atoms with Gasteiger partial charge in [0.25, 0.3) is 5.91 Å². The molecule has 1 aromatic heterocycles. The Morgan fingerprint density at radius 3 is 2.56 bits per heavy atom. The van der Waals surface area contributed by atoms with Gasteiger partial charge in [-0.1, -0.05) is 48.5 Å². The molecule has 2 aliphatic heterocycles. The zero-order valence-electron chi connectivity index (χ0n) is 17.3. The molecule has 0 spiro atoms. The van der Waals surface area contributed by atoms with Crippen LogP contribution in [0.5, 0.6) is 0 Å². The highest BCUT2D eigenvalue weighted by molar-refractivity contribution is 6.53. The van der Waals surface area contributed by atoms with Gasteiger partial charge in [0.05, 0.1) is 18.9 Å². The smallest absolute Gasteiger partial charge is 0.276 e. The molecule has 1 fully saturated rings. The lowest BCUT2D eigenvalue weighted by molar-refractivity contribution is -0.110. The molecule has 10 heteroatoms. The second kappa shape index (κ2) is 8.98. The largest absolute Gasteiger partial charge is 0.378 e. The van der Waals surface area contributed by atoms with Gasteiger partial charge >= 0.3 is 0 Å². The number of nitrogens with one attached hydrogen (secondary N) is 3. The number of carbonyl (C=O) groups excluding carboxylic acids is 1. The van der Waals surface area contributed by atoms with E-state index in [9.17, 15) is 4.79 Å². The van der Waals surface area contributed by atoms with Crippen molar-refractivity contribution in [2.45, 2.75) is 6.54 Å². The van der Waals surface area contributed by atoms with Gasteiger partial charge in [0.1, 0.15) is 0 Å². The number of benzene rings is 2. The molecular formula is C22H22N8O2. The standard InChI is InChI=1S/C22H22N8O2/c31-19-18(16-8-4-5-9-17(16)24-19)28-29-21-25-20(23-14-15-6-2-1-3-7-15)26-22(27-21)30-10-12-32-13-11-30/h1-9H,10-14H2,(H,24,28,31)(H2,23,25,26,27,29). The second-order valence-corrected chi connectivity index (χ2v) is 7.29. The fourth-order valence-corrected chi connectivity index (χ4v) is 3.49. The summed E-state index contributed by atoms with van der Waals surface area (Å²) in [4.78, 5) is 27.9. The van der Waals surface area contributed by atoms with Crippen molar-refractivity contribution in [2.75, 3.05) is 47.3 Å². The minimum absolute atomic E-state index is 0.252. The maximum atomic E-state index is 12.3. The number of ether oxygens (including phenoxy) is 1. The van der Waals surface area contributed by atoms with E-state index in [1.807, 2.05) is 59.5 Å². The van der Waals surface area contributed by atoms with E-state index in [1.165, 1.54) is 0 Å². The summed E-state index contributed by atoms with van der Waals surface area (Å²) >= 11 is 0. The van der Waals surface area contributed by atoms with Crippen LogP contribution in [0.1, 0.15) is 11.1 Å². The lowest BCUT2D eigenvalue weighted by Crippen LogP contribution is -2.37. The van der Waals surface area contributed by atoms with E-state index in [2.05, 4.69) is 36.1 Å². The minimum atomic E-state index is -0.274. The zero-order valence-corrected chi connectivity index (χ0v) is 17.3. The van der Waals surface area contributed by atoms with Gasteiger partial charge in [0.2, 0.25) is 17.8 Å². The number of hydrazone groups is 1. The molecule has 0 bridgehead atoms. The Labute approximate surface area is 184 Å². The third-order valence-corrected chi connectivity index (χ3v) is 5.12. The summed E-state index contributed by atoms with van der Waals surface area (Å²) in [5.74, 6) is 0.924. The Morgan fingerprint density at radius 1 is 0.969 bits per heavy atom. The summed E-state index contributed by atoms with van der Waals surface area (Å²) in [5, 5.41) is 10.3. The number of hydrogen-bond donors (Lipinski definition) is 3. The van der Waals surface area contributed by atoms with E-state index >= 15 is 0 Å². The Hall–Kier alpha value is -4.05. The van der Waals surface area contributed by atoms with Crippen molar-refractivity contribution in [1.82, 2.24) is 15.0 Å². The van der Waals surface area contributed by atoms with Crippen LogP contribution in [-0.4, -0.2) is 52.9 Å². The van der Waals surface area contributed by atoms with E-state index in [4.69, 9.17) is 4.74 Å². The molecule has 0 aliphatic carbocycles. The topological polar surface area (TPSA) is 117 Å². The zero-order chi connectivity index (χ0) is 21.8. The Morgan fingerprint density at radius 2 is 1.72 bits per heavy atom. The predicted molar refractivity (Wildman–Crippen MR) is 122 cm³/mol. The van der Waals surface area contributed by atoms with Crippen LogP contribution in [0.3, 0.4) is 0 Å². The normalized spacial score (nSPS) is 16.6. The van der Waals surface area contributed by atoms with E-state index in [-0.39, 0.29) is 17.6 Å². The van der Waals surface area contributed by atoms with Crippen LogP contribution < -0.4 is 21.0 Å². The summed E-state index contributed by atoms with van der Waals surface area (Å²) in [6, 6.07) is 17.4. The number of carbonyl (C=O) groups is 1. The van der Waals surface area contributed by atoms with Crippen LogP contribution in [-0.2, 0) is 16.1 Å². The predicted octanol–water partition coefficient (Wildman–Crippen LogP) is 2.09. The van der Waals surface area contributed by atoms with Crippen molar-refractivity contribution in [3.63, 3.8) is 0 Å². The van der Waals surface area contributed by atoms with Gasteiger partial charge in [-0.25, -0.2) is 5.43 Å². The third-order valence-electron chi connectivity index (χ3n) is 5.12. The van der Waals surface area contributed by atoms with E-state index < -0.39 is 0 Å².